The van der Waals surface area contributed by atoms with Gasteiger partial charge in [-0.15, -0.1) is 0 Å². The number of rotatable bonds is 14. The number of hydrogen-bond acceptors (Lipinski definition) is 15. The number of benzene rings is 5. The van der Waals surface area contributed by atoms with Crippen LogP contribution >= 0.6 is 0 Å². The van der Waals surface area contributed by atoms with E-state index in [2.05, 4.69) is 73.3 Å². The number of hydrogen-bond donors (Lipinski definition) is 2. The molecule has 3 N–H and O–H groups in total. The second kappa shape index (κ2) is 38.3. The Morgan fingerprint density at radius 1 is 0.444 bits per heavy atom. The number of fused-ring (bicyclic) bond motifs is 6. The summed E-state index contributed by atoms with van der Waals surface area (Å²) < 4.78 is 50.9. The molecule has 0 bridgehead atoms. The lowest BCUT2D eigenvalue weighted by Crippen LogP contribution is -2.40. The molecule has 4 aliphatic rings. The van der Waals surface area contributed by atoms with Gasteiger partial charge in [0.15, 0.2) is 28.4 Å². The van der Waals surface area contributed by atoms with Crippen LogP contribution in [0.5, 0.6) is 0 Å². The molecular weight excluding hydrogens is 1570 g/mol. The molecule has 6 amide bonds. The number of carbonyl (C=O) groups excluding carboxylic acids is 6. The van der Waals surface area contributed by atoms with Gasteiger partial charge in [-0.3, -0.25) is 33.8 Å². The highest BCUT2D eigenvalue weighted by atomic mass is 19.1. The molecular formula is C96H102F3N19O6. The molecule has 0 radical (unpaired) electrons. The van der Waals surface area contributed by atoms with Crippen molar-refractivity contribution >= 4 is 68.9 Å². The van der Waals surface area contributed by atoms with Gasteiger partial charge >= 0.3 is 0 Å². The average molecular weight is 1670 g/mol. The van der Waals surface area contributed by atoms with E-state index in [4.69, 9.17) is 15.9 Å². The van der Waals surface area contributed by atoms with Crippen LogP contribution in [0.2, 0.25) is 0 Å². The molecule has 2 atom stereocenters. The highest BCUT2D eigenvalue weighted by molar-refractivity contribution is 5.97. The summed E-state index contributed by atoms with van der Waals surface area (Å²) >= 11 is 0. The number of nitrogens with zero attached hydrogens (tertiary/aromatic N) is 17. The maximum Gasteiger partial charge on any atom is 0.273 e. The molecule has 25 nitrogen and oxygen atoms in total. The van der Waals surface area contributed by atoms with Gasteiger partial charge < -0.3 is 30.7 Å². The zero-order valence-corrected chi connectivity index (χ0v) is 71.1. The van der Waals surface area contributed by atoms with Gasteiger partial charge in [0.2, 0.25) is 5.91 Å². The summed E-state index contributed by atoms with van der Waals surface area (Å²) in [4.78, 5) is 106. The lowest BCUT2D eigenvalue weighted by atomic mass is 9.93. The van der Waals surface area contributed by atoms with Crippen LogP contribution in [-0.4, -0.2) is 171 Å². The number of likely N-dealkylation sites (tertiary alicyclic amines) is 3. The van der Waals surface area contributed by atoms with Crippen molar-refractivity contribution in [2.45, 2.75) is 169 Å². The fourth-order valence-electron chi connectivity index (χ4n) is 16.8. The van der Waals surface area contributed by atoms with Crippen LogP contribution < -0.4 is 11.1 Å². The van der Waals surface area contributed by atoms with Crippen LogP contribution in [0.15, 0.2) is 170 Å². The van der Waals surface area contributed by atoms with Gasteiger partial charge in [0.05, 0.1) is 28.6 Å². The second-order valence-corrected chi connectivity index (χ2v) is 31.9. The van der Waals surface area contributed by atoms with Gasteiger partial charge in [-0.25, -0.2) is 51.2 Å². The first-order chi connectivity index (χ1) is 60.2. The van der Waals surface area contributed by atoms with Crippen LogP contribution in [0.1, 0.15) is 228 Å². The van der Waals surface area contributed by atoms with Crippen LogP contribution in [0.25, 0.3) is 78.5 Å². The van der Waals surface area contributed by atoms with Crippen molar-refractivity contribution in [2.24, 2.45) is 5.73 Å². The lowest BCUT2D eigenvalue weighted by Gasteiger charge is -2.35. The average Bonchev–Trinajstić information content (AvgIpc) is 1.60. The first-order valence-corrected chi connectivity index (χ1v) is 43.3. The fraction of sp³-hybridized carbons (Fsp3) is 0.344. The van der Waals surface area contributed by atoms with Crippen LogP contribution in [0, 0.1) is 17.5 Å². The van der Waals surface area contributed by atoms with E-state index in [-0.39, 0.29) is 64.2 Å². The van der Waals surface area contributed by atoms with Crippen LogP contribution in [0.3, 0.4) is 0 Å². The Labute approximate surface area is 717 Å². The quantitative estimate of drug-likeness (QED) is 0.102. The highest BCUT2D eigenvalue weighted by Crippen LogP contribution is 2.35. The topological polar surface area (TPSA) is 287 Å². The Balaban J connectivity index is 0.000000128. The van der Waals surface area contributed by atoms with Gasteiger partial charge in [0.1, 0.15) is 40.1 Å². The monoisotopic (exact) mass is 1670 g/mol. The maximum atomic E-state index is 15.1. The van der Waals surface area contributed by atoms with E-state index >= 15 is 4.39 Å². The fourth-order valence-corrected chi connectivity index (χ4v) is 16.8. The first-order valence-electron chi connectivity index (χ1n) is 43.3. The molecule has 4 aliphatic heterocycles. The molecule has 638 valence electrons. The molecule has 3 fully saturated rings. The molecule has 0 aliphatic carbocycles. The molecule has 2 unspecified atom stereocenters. The Bertz CT molecular complexity index is 6300. The standard InChI is InChI=1S/C28H24FN5O.C24H29N5O2.C23H27N5O2.C21H22F2N4O/c1-3-20-14-26(28(35)33-12-10-18-7-4-5-9-21(18)17(33)2)31-27-16-25(32-34(20)27)22-13-19-8-6-11-30-24(19)15-23(22)29;1-3-19-14-21(24(31)28-13-7-5-4-6-8-16(28)2)26-22-15-20(27-29(19)22)17-9-11-18(12-10-17)23(25)30;1-3-18-14-20(23(30)27-12-6-4-5-7-13-27)25-21-15-19(26-28(18)21)16-8-10-17(11-9-16)22(29)24-2;1-2-14-13-17(21(28)26-11-7-3-4-8-12-26)24-20-18(23)19(25-27(14)20)15-9-5-6-10-16(15)22/h4-9,11,13-17H,3,10,12H2,1-2H3;9-12,14-16H,3-8,13H2,1-2H3,(H2,25,30);8-11,14-15H,3-7,12-13H2,1-2H3,(H,24,29);5-6,9-10,13H,2-4,7-8,11-12H2,1H3. The number of primary amides is 1. The zero-order valence-electron chi connectivity index (χ0n) is 71.1. The van der Waals surface area contributed by atoms with E-state index in [1.54, 1.807) is 92.4 Å². The molecule has 28 heteroatoms. The van der Waals surface area contributed by atoms with E-state index in [0.29, 0.717) is 100 Å². The number of aromatic nitrogens is 13. The Morgan fingerprint density at radius 2 is 0.919 bits per heavy atom. The summed E-state index contributed by atoms with van der Waals surface area (Å²) in [5, 5.41) is 21.8. The number of carbonyl (C=O) groups is 6. The zero-order chi connectivity index (χ0) is 86.8. The Kier molecular flexibility index (Phi) is 26.5. The van der Waals surface area contributed by atoms with Crippen molar-refractivity contribution in [3.63, 3.8) is 0 Å². The summed E-state index contributed by atoms with van der Waals surface area (Å²) in [5.41, 5.74) is 20.3. The second-order valence-electron chi connectivity index (χ2n) is 31.9. The van der Waals surface area contributed by atoms with Gasteiger partial charge in [-0.05, 0) is 168 Å². The van der Waals surface area contributed by atoms with Crippen molar-refractivity contribution in [3.05, 3.63) is 255 Å². The molecule has 124 heavy (non-hydrogen) atoms. The van der Waals surface area contributed by atoms with Crippen LogP contribution in [-0.2, 0) is 32.1 Å². The summed E-state index contributed by atoms with van der Waals surface area (Å²) in [6, 6.07) is 48.3. The minimum atomic E-state index is -0.717. The number of amides is 6. The third-order valence-electron chi connectivity index (χ3n) is 23.9. The van der Waals surface area contributed by atoms with Gasteiger partial charge in [0.25, 0.3) is 29.5 Å². The summed E-state index contributed by atoms with van der Waals surface area (Å²) in [7, 11) is 1.61. The number of nitrogens with one attached hydrogen (secondary N) is 1. The molecule has 18 rings (SSSR count). The molecule has 14 aromatic rings. The van der Waals surface area contributed by atoms with Gasteiger partial charge in [-0.2, -0.15) is 20.4 Å². The number of aryl methyl sites for hydroxylation is 4. The van der Waals surface area contributed by atoms with Gasteiger partial charge in [0, 0.05) is 144 Å². The van der Waals surface area contributed by atoms with Crippen molar-refractivity contribution in [2.75, 3.05) is 46.3 Å². The predicted octanol–water partition coefficient (Wildman–Crippen LogP) is 16.8. The third-order valence-corrected chi connectivity index (χ3v) is 23.9. The molecule has 13 heterocycles. The first kappa shape index (κ1) is 85.6. The largest absolute Gasteiger partial charge is 0.366 e. The summed E-state index contributed by atoms with van der Waals surface area (Å²) in [5.74, 6) is -2.53. The van der Waals surface area contributed by atoms with Crippen molar-refractivity contribution in [3.8, 4) is 45.0 Å². The molecule has 5 aromatic carbocycles. The highest BCUT2D eigenvalue weighted by Gasteiger charge is 2.32. The van der Waals surface area contributed by atoms with Crippen molar-refractivity contribution < 1.29 is 41.9 Å². The third kappa shape index (κ3) is 18.4. The van der Waals surface area contributed by atoms with E-state index in [9.17, 15) is 37.5 Å². The molecule has 0 saturated carbocycles. The minimum absolute atomic E-state index is 0.000149. The van der Waals surface area contributed by atoms with E-state index < -0.39 is 23.4 Å². The summed E-state index contributed by atoms with van der Waals surface area (Å²) in [6.07, 6.45) is 19.4. The number of pyridine rings is 1. The molecule has 3 saturated heterocycles. The lowest BCUT2D eigenvalue weighted by molar-refractivity contribution is 0.0656. The van der Waals surface area contributed by atoms with Crippen molar-refractivity contribution in [1.29, 1.82) is 0 Å². The summed E-state index contributed by atoms with van der Waals surface area (Å²) in [6.45, 7) is 16.6. The van der Waals surface area contributed by atoms with E-state index in [1.165, 1.54) is 59.5 Å². The van der Waals surface area contributed by atoms with E-state index in [0.717, 1.165) is 142 Å². The maximum absolute atomic E-state index is 15.1. The SMILES string of the molecule is CCc1cc(C(=O)N2CCCCCC2)nc2c(F)c(-c3ccccc3F)nn12.CCc1cc(C(=O)N2CCCCCC2)nc2cc(-c3ccc(C(=O)NC)cc3)nn12.CCc1cc(C(=O)N2CCCCCCC2C)nc2cc(-c3ccc(C(N)=O)cc3)nn12.CCc1cc(C(=O)N2CCc3ccccc3C2C)nc2cc(-c3cc4cccnc4cc3F)nn12. The number of halogens is 3. The minimum Gasteiger partial charge on any atom is -0.366 e. The molecule has 9 aromatic heterocycles. The van der Waals surface area contributed by atoms with Crippen molar-refractivity contribution in [1.82, 2.24) is 88.3 Å². The molecule has 0 spiro atoms. The van der Waals surface area contributed by atoms with Gasteiger partial charge in [-0.1, -0.05) is 139 Å². The normalized spacial score (nSPS) is 15.6. The predicted molar refractivity (Wildman–Crippen MR) is 470 cm³/mol. The smallest absolute Gasteiger partial charge is 0.273 e. The number of nitrogens with two attached hydrogens (primary N) is 1. The Morgan fingerprint density at radius 3 is 1.46 bits per heavy atom. The van der Waals surface area contributed by atoms with E-state index in [1.807, 2.05) is 108 Å². The Hall–Kier alpha value is -13.4. The van der Waals surface area contributed by atoms with Crippen LogP contribution in [0.4, 0.5) is 13.2 Å².